The number of benzene rings is 7. The molecule has 0 unspecified atom stereocenters. The monoisotopic (exact) mass is 994 g/mol. The second kappa shape index (κ2) is 27.7. The van der Waals surface area contributed by atoms with Crippen LogP contribution in [0.15, 0.2) is 158 Å². The average molecular weight is 995 g/mol. The molecule has 0 N–H and O–H groups in total. The Balaban J connectivity index is 0.893. The predicted octanol–water partition coefficient (Wildman–Crippen LogP) is 15.7. The minimum Gasteiger partial charge on any atom is -0.493 e. The van der Waals surface area contributed by atoms with Crippen LogP contribution in [0.2, 0.25) is 0 Å². The Morgan fingerprint density at radius 2 is 0.649 bits per heavy atom. The molecule has 0 aliphatic rings. The molecule has 7 aromatic carbocycles. The molecule has 0 aromatic heterocycles. The number of aryl methyl sites for hydroxylation is 2. The van der Waals surface area contributed by atoms with Crippen LogP contribution in [-0.4, -0.2) is 38.1 Å². The minimum atomic E-state index is -0.788. The van der Waals surface area contributed by atoms with Crippen molar-refractivity contribution in [2.75, 3.05) is 14.2 Å². The van der Waals surface area contributed by atoms with Gasteiger partial charge in [0.1, 0.15) is 11.5 Å². The molecule has 0 saturated heterocycles. The maximum atomic E-state index is 13.4. The van der Waals surface area contributed by atoms with Crippen molar-refractivity contribution in [1.29, 1.82) is 0 Å². The molecule has 0 spiro atoms. The van der Waals surface area contributed by atoms with Gasteiger partial charge in [0.05, 0.1) is 36.5 Å². The molecule has 0 heterocycles. The Labute approximate surface area is 435 Å². The second-order valence-electron chi connectivity index (χ2n) is 18.3. The van der Waals surface area contributed by atoms with E-state index in [1.54, 1.807) is 24.3 Å². The first-order valence-corrected chi connectivity index (χ1v) is 25.9. The number of carbonyl (C=O) groups is 4. The van der Waals surface area contributed by atoms with E-state index in [0.29, 0.717) is 11.5 Å². The number of hydrogen-bond acceptors (Lipinski definition) is 10. The van der Waals surface area contributed by atoms with Crippen LogP contribution in [0.25, 0.3) is 22.3 Å². The lowest BCUT2D eigenvalue weighted by molar-refractivity contribution is 0.0720. The fraction of sp³-hybridized carbons (Fsp3) is 0.281. The van der Waals surface area contributed by atoms with Crippen LogP contribution in [0.3, 0.4) is 0 Å². The summed E-state index contributed by atoms with van der Waals surface area (Å²) in [4.78, 5) is 53.2. The Morgan fingerprint density at radius 3 is 1.01 bits per heavy atom. The van der Waals surface area contributed by atoms with E-state index in [0.717, 1.165) is 35.1 Å². The highest BCUT2D eigenvalue weighted by atomic mass is 16.6. The van der Waals surface area contributed by atoms with Crippen molar-refractivity contribution in [2.24, 2.45) is 0 Å². The zero-order valence-corrected chi connectivity index (χ0v) is 43.0. The SMILES string of the molecule is CCCCCCCCc1ccc(-c2ccc(OC(=O)c3ccc(OC(=O)c4cccc(C(=O)Oc5ccc(C(=O)Oc6ccc(-c7ccc(CCCCCCCC)cc7)cc6)cc5OC)c4)c(OC)c3)cc2)cc1. The van der Waals surface area contributed by atoms with Crippen LogP contribution in [0.4, 0.5) is 0 Å². The van der Waals surface area contributed by atoms with Gasteiger partial charge in [-0.1, -0.05) is 157 Å². The molecule has 10 nitrogen and oxygen atoms in total. The van der Waals surface area contributed by atoms with Gasteiger partial charge in [0.2, 0.25) is 0 Å². The molecular formula is C64H66O10. The highest BCUT2D eigenvalue weighted by Crippen LogP contribution is 2.33. The van der Waals surface area contributed by atoms with E-state index in [2.05, 4.69) is 62.4 Å². The van der Waals surface area contributed by atoms with Gasteiger partial charge in [0.15, 0.2) is 23.0 Å². The molecule has 0 atom stereocenters. The van der Waals surface area contributed by atoms with E-state index in [9.17, 15) is 19.2 Å². The summed E-state index contributed by atoms with van der Waals surface area (Å²) in [6.07, 6.45) is 17.4. The highest BCUT2D eigenvalue weighted by Gasteiger charge is 2.21. The molecular weight excluding hydrogens is 929 g/mol. The summed E-state index contributed by atoms with van der Waals surface area (Å²) in [6, 6.07) is 46.3. The van der Waals surface area contributed by atoms with Gasteiger partial charge in [-0.25, -0.2) is 19.2 Å². The van der Waals surface area contributed by atoms with Crippen molar-refractivity contribution in [3.8, 4) is 56.8 Å². The zero-order chi connectivity index (χ0) is 52.1. The lowest BCUT2D eigenvalue weighted by Crippen LogP contribution is -2.14. The summed E-state index contributed by atoms with van der Waals surface area (Å²) >= 11 is 0. The largest absolute Gasteiger partial charge is 0.493 e. The molecule has 7 aromatic rings. The summed E-state index contributed by atoms with van der Waals surface area (Å²) in [5.74, 6) is -1.76. The molecule has 7 rings (SSSR count). The van der Waals surface area contributed by atoms with Gasteiger partial charge in [-0.05, 0) is 138 Å². The van der Waals surface area contributed by atoms with Gasteiger partial charge >= 0.3 is 23.9 Å². The first kappa shape index (κ1) is 53.8. The smallest absolute Gasteiger partial charge is 0.343 e. The van der Waals surface area contributed by atoms with Crippen LogP contribution < -0.4 is 28.4 Å². The van der Waals surface area contributed by atoms with E-state index >= 15 is 0 Å². The zero-order valence-electron chi connectivity index (χ0n) is 43.0. The fourth-order valence-electron chi connectivity index (χ4n) is 8.56. The third kappa shape index (κ3) is 15.5. The van der Waals surface area contributed by atoms with Crippen molar-refractivity contribution in [2.45, 2.75) is 104 Å². The number of ether oxygens (including phenoxy) is 6. The van der Waals surface area contributed by atoms with Gasteiger partial charge in [-0.2, -0.15) is 0 Å². The normalized spacial score (nSPS) is 10.9. The Bertz CT molecular complexity index is 2740. The fourth-order valence-corrected chi connectivity index (χ4v) is 8.56. The number of methoxy groups -OCH3 is 2. The average Bonchev–Trinajstić information content (AvgIpc) is 3.43. The van der Waals surface area contributed by atoms with Gasteiger partial charge < -0.3 is 28.4 Å². The quantitative estimate of drug-likeness (QED) is 0.0294. The number of hydrogen-bond donors (Lipinski definition) is 0. The lowest BCUT2D eigenvalue weighted by Gasteiger charge is -2.12. The van der Waals surface area contributed by atoms with Crippen LogP contribution in [-0.2, 0) is 12.8 Å². The van der Waals surface area contributed by atoms with E-state index in [-0.39, 0.29) is 45.3 Å². The van der Waals surface area contributed by atoms with Crippen molar-refractivity contribution in [1.82, 2.24) is 0 Å². The molecule has 0 saturated carbocycles. The summed E-state index contributed by atoms with van der Waals surface area (Å²) in [5.41, 5.74) is 7.28. The standard InChI is InChI=1S/C64H66O10/c1-5-7-9-11-13-15-18-45-22-26-47(27-23-45)49-30-36-55(37-31-49)71-61(65)53-34-40-57(59(43-53)69-3)73-63(67)51-20-17-21-52(42-51)64(68)74-58-41-35-54(44-60(58)70-4)62(66)72-56-38-32-50(33-39-56)48-28-24-46(25-29-48)19-16-14-12-10-8-6-2/h17,20-44H,5-16,18-19H2,1-4H3. The van der Waals surface area contributed by atoms with Gasteiger partial charge in [-0.3, -0.25) is 0 Å². The Kier molecular flexibility index (Phi) is 20.2. The molecule has 74 heavy (non-hydrogen) atoms. The van der Waals surface area contributed by atoms with E-state index in [4.69, 9.17) is 28.4 Å². The second-order valence-corrected chi connectivity index (χ2v) is 18.3. The number of esters is 4. The van der Waals surface area contributed by atoms with Crippen LogP contribution in [0.5, 0.6) is 34.5 Å². The van der Waals surface area contributed by atoms with Crippen molar-refractivity contribution >= 4 is 23.9 Å². The van der Waals surface area contributed by atoms with Crippen LogP contribution >= 0.6 is 0 Å². The molecule has 0 aliphatic heterocycles. The maximum Gasteiger partial charge on any atom is 0.343 e. The van der Waals surface area contributed by atoms with Crippen LogP contribution in [0, 0.1) is 0 Å². The van der Waals surface area contributed by atoms with Crippen molar-refractivity contribution in [3.63, 3.8) is 0 Å². The molecule has 382 valence electrons. The number of carbonyl (C=O) groups excluding carboxylic acids is 4. The van der Waals surface area contributed by atoms with Gasteiger partial charge in [-0.15, -0.1) is 0 Å². The third-order valence-electron chi connectivity index (χ3n) is 12.9. The third-order valence-corrected chi connectivity index (χ3v) is 12.9. The number of rotatable bonds is 26. The Morgan fingerprint density at radius 1 is 0.324 bits per heavy atom. The number of unbranched alkanes of at least 4 members (excludes halogenated alkanes) is 10. The summed E-state index contributed by atoms with van der Waals surface area (Å²) in [7, 11) is 2.77. The molecule has 0 bridgehead atoms. The van der Waals surface area contributed by atoms with Crippen molar-refractivity contribution < 1.29 is 47.6 Å². The predicted molar refractivity (Wildman–Crippen MR) is 290 cm³/mol. The van der Waals surface area contributed by atoms with Crippen molar-refractivity contribution in [3.05, 3.63) is 191 Å². The topological polar surface area (TPSA) is 124 Å². The minimum absolute atomic E-state index is 0.0455. The van der Waals surface area contributed by atoms with E-state index in [1.807, 2.05) is 24.3 Å². The Hall–Kier alpha value is -7.98. The molecule has 0 fully saturated rings. The molecule has 0 aliphatic carbocycles. The van der Waals surface area contributed by atoms with Gasteiger partial charge in [0.25, 0.3) is 0 Å². The first-order valence-electron chi connectivity index (χ1n) is 25.9. The molecule has 10 heteroatoms. The van der Waals surface area contributed by atoms with Gasteiger partial charge in [0, 0.05) is 0 Å². The summed E-state index contributed by atoms with van der Waals surface area (Å²) < 4.78 is 33.6. The van der Waals surface area contributed by atoms with E-state index < -0.39 is 23.9 Å². The maximum absolute atomic E-state index is 13.4. The van der Waals surface area contributed by atoms with Crippen LogP contribution in [0.1, 0.15) is 143 Å². The molecule has 0 amide bonds. The summed E-state index contributed by atoms with van der Waals surface area (Å²) in [6.45, 7) is 4.47. The lowest BCUT2D eigenvalue weighted by atomic mass is 10.0. The molecule has 0 radical (unpaired) electrons. The first-order chi connectivity index (χ1) is 36.1. The summed E-state index contributed by atoms with van der Waals surface area (Å²) in [5, 5.41) is 0. The van der Waals surface area contributed by atoms with E-state index in [1.165, 1.54) is 163 Å². The highest BCUT2D eigenvalue weighted by molar-refractivity contribution is 5.98.